The third-order valence-electron chi connectivity index (χ3n) is 5.81. The monoisotopic (exact) mass is 462 g/mol. The zero-order chi connectivity index (χ0) is 24.3. The molecule has 0 spiro atoms. The van der Waals surface area contributed by atoms with Crippen LogP contribution in [0.3, 0.4) is 0 Å². The quantitative estimate of drug-likeness (QED) is 0.151. The number of anilines is 2. The molecule has 180 valence electrons. The van der Waals surface area contributed by atoms with Crippen molar-refractivity contribution in [3.8, 4) is 5.75 Å². The normalized spacial score (nSPS) is 12.8. The van der Waals surface area contributed by atoms with Gasteiger partial charge in [-0.25, -0.2) is 0 Å². The Morgan fingerprint density at radius 1 is 0.941 bits per heavy atom. The zero-order valence-electron chi connectivity index (χ0n) is 19.7. The molecule has 1 unspecified atom stereocenters. The molecule has 3 aromatic carbocycles. The van der Waals surface area contributed by atoms with E-state index in [1.807, 2.05) is 6.07 Å². The first kappa shape index (κ1) is 25.2. The van der Waals surface area contributed by atoms with Gasteiger partial charge in [0.25, 0.3) is 0 Å². The highest BCUT2D eigenvalue weighted by Crippen LogP contribution is 2.26. The molecule has 0 aliphatic heterocycles. The second kappa shape index (κ2) is 12.7. The van der Waals surface area contributed by atoms with Crippen molar-refractivity contribution in [1.82, 2.24) is 10.2 Å². The number of hydrogen-bond acceptors (Lipinski definition) is 6. The van der Waals surface area contributed by atoms with Gasteiger partial charge in [0.15, 0.2) is 0 Å². The van der Waals surface area contributed by atoms with E-state index in [0.29, 0.717) is 18.5 Å². The minimum absolute atomic E-state index is 0.0359. The number of likely N-dealkylation sites (N-methyl/N-ethyl adjacent to an activating group) is 1. The molecule has 0 aliphatic rings. The van der Waals surface area contributed by atoms with Crippen molar-refractivity contribution < 1.29 is 15.0 Å². The van der Waals surface area contributed by atoms with Gasteiger partial charge in [0.2, 0.25) is 6.41 Å². The van der Waals surface area contributed by atoms with Gasteiger partial charge in [-0.15, -0.1) is 0 Å². The summed E-state index contributed by atoms with van der Waals surface area (Å²) in [7, 11) is 4.18. The lowest BCUT2D eigenvalue weighted by atomic mass is 10.1. The van der Waals surface area contributed by atoms with Crippen molar-refractivity contribution >= 4 is 17.8 Å². The molecule has 0 fully saturated rings. The average molecular weight is 463 g/mol. The van der Waals surface area contributed by atoms with Crippen LogP contribution in [0.1, 0.15) is 28.8 Å². The Bertz CT molecular complexity index is 1030. The van der Waals surface area contributed by atoms with Gasteiger partial charge in [0.1, 0.15) is 5.75 Å². The van der Waals surface area contributed by atoms with Crippen LogP contribution in [0.5, 0.6) is 5.75 Å². The Kier molecular flexibility index (Phi) is 9.46. The van der Waals surface area contributed by atoms with Crippen LogP contribution in [-0.2, 0) is 11.2 Å². The van der Waals surface area contributed by atoms with Crippen LogP contribution < -0.4 is 16.0 Å². The predicted molar refractivity (Wildman–Crippen MR) is 137 cm³/mol. The number of rotatable bonds is 13. The predicted octanol–water partition coefficient (Wildman–Crippen LogP) is 3.54. The second-order valence-electron chi connectivity index (χ2n) is 8.48. The van der Waals surface area contributed by atoms with E-state index in [2.05, 4.69) is 83.5 Å². The zero-order valence-corrected chi connectivity index (χ0v) is 19.7. The van der Waals surface area contributed by atoms with Gasteiger partial charge < -0.3 is 31.1 Å². The summed E-state index contributed by atoms with van der Waals surface area (Å²) in [6, 6.07) is 23.9. The number of aromatic hydroxyl groups is 1. The van der Waals surface area contributed by atoms with Crippen molar-refractivity contribution in [1.29, 1.82) is 0 Å². The molecule has 7 nitrogen and oxygen atoms in total. The molecule has 34 heavy (non-hydrogen) atoms. The third-order valence-corrected chi connectivity index (χ3v) is 5.81. The van der Waals surface area contributed by atoms with Gasteiger partial charge in [-0.05, 0) is 68.0 Å². The molecule has 0 radical (unpaired) electrons. The van der Waals surface area contributed by atoms with Gasteiger partial charge in [0.05, 0.1) is 17.8 Å². The Labute approximate surface area is 201 Å². The minimum atomic E-state index is -0.742. The molecule has 3 aromatic rings. The van der Waals surface area contributed by atoms with Crippen LogP contribution in [0.25, 0.3) is 0 Å². The van der Waals surface area contributed by atoms with Crippen molar-refractivity contribution in [3.05, 3.63) is 89.5 Å². The Balaban J connectivity index is 1.43. The van der Waals surface area contributed by atoms with Crippen LogP contribution in [0.15, 0.2) is 72.8 Å². The molecule has 0 bridgehead atoms. The topological polar surface area (TPSA) is 96.9 Å². The summed E-state index contributed by atoms with van der Waals surface area (Å²) in [6.45, 7) is 1.91. The third kappa shape index (κ3) is 7.31. The number of phenolic OH excluding ortho intramolecular Hbond substituents is 1. The molecule has 7 heteroatoms. The Morgan fingerprint density at radius 2 is 1.68 bits per heavy atom. The summed E-state index contributed by atoms with van der Waals surface area (Å²) < 4.78 is 0. The average Bonchev–Trinajstić information content (AvgIpc) is 2.84. The van der Waals surface area contributed by atoms with E-state index in [1.54, 1.807) is 12.1 Å². The number of phenols is 1. The largest absolute Gasteiger partial charge is 0.506 e. The lowest BCUT2D eigenvalue weighted by Crippen LogP contribution is -2.26. The number of benzene rings is 3. The number of nitrogens with zero attached hydrogens (tertiary/aromatic N) is 1. The molecule has 0 heterocycles. The molecule has 1 amide bonds. The summed E-state index contributed by atoms with van der Waals surface area (Å²) in [4.78, 5) is 12.8. The van der Waals surface area contributed by atoms with E-state index in [9.17, 15) is 15.0 Å². The van der Waals surface area contributed by atoms with Gasteiger partial charge >= 0.3 is 0 Å². The van der Waals surface area contributed by atoms with Gasteiger partial charge in [0, 0.05) is 18.8 Å². The number of carbonyl (C=O) groups excluding carboxylic acids is 1. The first-order valence-corrected chi connectivity index (χ1v) is 11.4. The molecule has 0 saturated heterocycles. The summed E-state index contributed by atoms with van der Waals surface area (Å²) in [6.07, 6.45) is 0.590. The molecule has 5 N–H and O–H groups in total. The molecular weight excluding hydrogens is 428 g/mol. The Hall–Kier alpha value is -3.39. The van der Waals surface area contributed by atoms with Crippen LogP contribution >= 0.6 is 0 Å². The summed E-state index contributed by atoms with van der Waals surface area (Å²) in [5, 5.41) is 29.3. The fourth-order valence-corrected chi connectivity index (χ4v) is 3.81. The molecule has 0 aliphatic carbocycles. The molecule has 0 aromatic heterocycles. The lowest BCUT2D eigenvalue weighted by molar-refractivity contribution is -0.105. The van der Waals surface area contributed by atoms with Crippen molar-refractivity contribution in [3.63, 3.8) is 0 Å². The maximum atomic E-state index is 10.6. The fraction of sp³-hybridized carbons (Fsp3) is 0.296. The van der Waals surface area contributed by atoms with E-state index in [0.717, 1.165) is 25.2 Å². The molecule has 0 saturated carbocycles. The summed E-state index contributed by atoms with van der Waals surface area (Å²) >= 11 is 0. The van der Waals surface area contributed by atoms with Crippen molar-refractivity contribution in [2.45, 2.75) is 18.6 Å². The maximum Gasteiger partial charge on any atom is 0.211 e. The van der Waals surface area contributed by atoms with Crippen LogP contribution in [0, 0.1) is 0 Å². The van der Waals surface area contributed by atoms with E-state index < -0.39 is 6.10 Å². The maximum absolute atomic E-state index is 10.6. The number of carbonyl (C=O) groups is 1. The highest BCUT2D eigenvalue weighted by Gasteiger charge is 2.13. The summed E-state index contributed by atoms with van der Waals surface area (Å²) in [5.74, 6) is -0.0359. The van der Waals surface area contributed by atoms with Crippen molar-refractivity contribution in [2.24, 2.45) is 0 Å². The number of aliphatic hydroxyl groups excluding tert-OH is 1. The number of amides is 1. The van der Waals surface area contributed by atoms with E-state index in [-0.39, 0.29) is 17.5 Å². The van der Waals surface area contributed by atoms with E-state index in [4.69, 9.17) is 0 Å². The standard InChI is InChI=1S/C27H34N4O3/c1-31(2)25(21-6-4-3-5-7-21)17-29-23-11-8-20(9-12-23)14-15-28-18-27(34)22-10-13-26(33)24(16-22)30-19-32/h3-13,16,19,25,27-29,33-34H,14-15,17-18H2,1-2H3,(H,30,32)/t25?,27-/m0/s1. The number of nitrogens with one attached hydrogen (secondary N) is 3. The van der Waals surface area contributed by atoms with E-state index >= 15 is 0 Å². The van der Waals surface area contributed by atoms with Gasteiger partial charge in [-0.3, -0.25) is 4.79 Å². The number of hydrogen-bond donors (Lipinski definition) is 5. The molecule has 3 rings (SSSR count). The van der Waals surface area contributed by atoms with Crippen LogP contribution in [-0.4, -0.2) is 55.3 Å². The number of aliphatic hydroxyl groups is 1. The highest BCUT2D eigenvalue weighted by atomic mass is 16.3. The smallest absolute Gasteiger partial charge is 0.211 e. The minimum Gasteiger partial charge on any atom is -0.506 e. The van der Waals surface area contributed by atoms with Crippen LogP contribution in [0.2, 0.25) is 0 Å². The highest BCUT2D eigenvalue weighted by molar-refractivity contribution is 5.75. The van der Waals surface area contributed by atoms with E-state index in [1.165, 1.54) is 17.2 Å². The fourth-order valence-electron chi connectivity index (χ4n) is 3.81. The first-order chi connectivity index (χ1) is 16.5. The van der Waals surface area contributed by atoms with Gasteiger partial charge in [-0.2, -0.15) is 0 Å². The summed E-state index contributed by atoms with van der Waals surface area (Å²) in [5.41, 5.74) is 4.48. The Morgan fingerprint density at radius 3 is 2.35 bits per heavy atom. The first-order valence-electron chi connectivity index (χ1n) is 11.4. The van der Waals surface area contributed by atoms with Crippen LogP contribution in [0.4, 0.5) is 11.4 Å². The SMILES string of the molecule is CN(C)C(CNc1ccc(CCNC[C@H](O)c2ccc(O)c(NC=O)c2)cc1)c1ccccc1. The lowest BCUT2D eigenvalue weighted by Gasteiger charge is -2.25. The second-order valence-corrected chi connectivity index (χ2v) is 8.48. The molecule has 2 atom stereocenters. The van der Waals surface area contributed by atoms with Gasteiger partial charge in [-0.1, -0.05) is 48.5 Å². The van der Waals surface area contributed by atoms with Crippen molar-refractivity contribution in [2.75, 3.05) is 44.4 Å². The molecular formula is C27H34N4O3.